The number of hydrogen-bond acceptors (Lipinski definition) is 2. The lowest BCUT2D eigenvalue weighted by atomic mass is 10.1. The van der Waals surface area contributed by atoms with Crippen molar-refractivity contribution in [2.24, 2.45) is 0 Å². The molecule has 1 heterocycles. The predicted octanol–water partition coefficient (Wildman–Crippen LogP) is 3.96. The molecule has 0 radical (unpaired) electrons. The van der Waals surface area contributed by atoms with Crippen LogP contribution >= 0.6 is 0 Å². The van der Waals surface area contributed by atoms with Crippen molar-refractivity contribution in [2.75, 3.05) is 13.7 Å². The lowest BCUT2D eigenvalue weighted by molar-refractivity contribution is 0.415. The Morgan fingerprint density at radius 2 is 2.04 bits per heavy atom. The molecular weight excluding hydrogens is 291 g/mol. The van der Waals surface area contributed by atoms with Crippen LogP contribution in [0.15, 0.2) is 42.5 Å². The van der Waals surface area contributed by atoms with Gasteiger partial charge in [0.05, 0.1) is 7.11 Å². The maximum atomic E-state index is 13.2. The second kappa shape index (κ2) is 6.84. The first kappa shape index (κ1) is 15.6. The van der Waals surface area contributed by atoms with Gasteiger partial charge in [-0.25, -0.2) is 4.39 Å². The van der Waals surface area contributed by atoms with E-state index in [0.717, 1.165) is 29.8 Å². The third-order valence-electron chi connectivity index (χ3n) is 4.10. The Morgan fingerprint density at radius 1 is 1.17 bits per heavy atom. The summed E-state index contributed by atoms with van der Waals surface area (Å²) in [6.07, 6.45) is 0.911. The highest BCUT2D eigenvalue weighted by Gasteiger charge is 2.09. The summed E-state index contributed by atoms with van der Waals surface area (Å²) in [4.78, 5) is 3.41. The molecule has 4 heteroatoms. The topological polar surface area (TPSA) is 37.0 Å². The number of methoxy groups -OCH3 is 1. The van der Waals surface area contributed by atoms with Crippen molar-refractivity contribution >= 4 is 10.9 Å². The minimum Gasteiger partial charge on any atom is -0.497 e. The SMILES string of the molecule is COc1ccc2[nH]c(C)c(CCNCc3cccc(F)c3)c2c1. The number of aromatic amines is 1. The number of halogens is 1. The van der Waals surface area contributed by atoms with E-state index in [1.54, 1.807) is 19.2 Å². The number of fused-ring (bicyclic) bond motifs is 1. The van der Waals surface area contributed by atoms with Crippen molar-refractivity contribution in [1.82, 2.24) is 10.3 Å². The van der Waals surface area contributed by atoms with Gasteiger partial charge in [-0.1, -0.05) is 12.1 Å². The number of hydrogen-bond donors (Lipinski definition) is 2. The van der Waals surface area contributed by atoms with Crippen molar-refractivity contribution in [2.45, 2.75) is 19.9 Å². The fourth-order valence-electron chi connectivity index (χ4n) is 2.90. The fourth-order valence-corrected chi connectivity index (χ4v) is 2.90. The van der Waals surface area contributed by atoms with Crippen LogP contribution in [-0.4, -0.2) is 18.6 Å². The van der Waals surface area contributed by atoms with Crippen LogP contribution in [0.5, 0.6) is 5.75 Å². The van der Waals surface area contributed by atoms with Gasteiger partial charge >= 0.3 is 0 Å². The molecule has 0 amide bonds. The second-order valence-electron chi connectivity index (χ2n) is 5.70. The van der Waals surface area contributed by atoms with Crippen LogP contribution in [-0.2, 0) is 13.0 Å². The quantitative estimate of drug-likeness (QED) is 0.676. The molecule has 0 saturated heterocycles. The predicted molar refractivity (Wildman–Crippen MR) is 91.4 cm³/mol. The molecule has 3 nitrogen and oxygen atoms in total. The summed E-state index contributed by atoms with van der Waals surface area (Å²) in [6.45, 7) is 3.60. The number of H-pyrrole nitrogens is 1. The number of aryl methyl sites for hydroxylation is 1. The molecule has 0 atom stereocenters. The van der Waals surface area contributed by atoms with Gasteiger partial charge in [0.15, 0.2) is 0 Å². The Bertz CT molecular complexity index is 810. The van der Waals surface area contributed by atoms with E-state index in [-0.39, 0.29) is 5.82 Å². The summed E-state index contributed by atoms with van der Waals surface area (Å²) in [6, 6.07) is 12.8. The first-order valence-corrected chi connectivity index (χ1v) is 7.77. The van der Waals surface area contributed by atoms with Gasteiger partial charge in [-0.05, 0) is 61.3 Å². The molecule has 23 heavy (non-hydrogen) atoms. The van der Waals surface area contributed by atoms with Crippen molar-refractivity contribution in [3.8, 4) is 5.75 Å². The molecule has 3 rings (SSSR count). The number of aromatic nitrogens is 1. The Kier molecular flexibility index (Phi) is 4.63. The Balaban J connectivity index is 1.66. The molecule has 0 saturated carbocycles. The van der Waals surface area contributed by atoms with Gasteiger partial charge in [0.2, 0.25) is 0 Å². The Morgan fingerprint density at radius 3 is 2.83 bits per heavy atom. The molecule has 120 valence electrons. The van der Waals surface area contributed by atoms with E-state index in [2.05, 4.69) is 23.3 Å². The molecule has 0 aliphatic heterocycles. The summed E-state index contributed by atoms with van der Waals surface area (Å²) in [5, 5.41) is 4.58. The van der Waals surface area contributed by atoms with Crippen molar-refractivity contribution in [1.29, 1.82) is 0 Å². The van der Waals surface area contributed by atoms with Crippen molar-refractivity contribution in [3.05, 3.63) is 65.1 Å². The van der Waals surface area contributed by atoms with Crippen LogP contribution in [0.25, 0.3) is 10.9 Å². The molecule has 0 spiro atoms. The Labute approximate surface area is 135 Å². The molecule has 3 aromatic rings. The average Bonchev–Trinajstić information content (AvgIpc) is 2.86. The van der Waals surface area contributed by atoms with Crippen molar-refractivity contribution in [3.63, 3.8) is 0 Å². The first-order valence-electron chi connectivity index (χ1n) is 7.77. The van der Waals surface area contributed by atoms with E-state index in [0.29, 0.717) is 6.54 Å². The van der Waals surface area contributed by atoms with Gasteiger partial charge in [-0.3, -0.25) is 0 Å². The van der Waals surface area contributed by atoms with E-state index in [1.165, 1.54) is 22.7 Å². The molecule has 0 aliphatic carbocycles. The van der Waals surface area contributed by atoms with Gasteiger partial charge in [0.25, 0.3) is 0 Å². The van der Waals surface area contributed by atoms with E-state index in [9.17, 15) is 4.39 Å². The lowest BCUT2D eigenvalue weighted by Gasteiger charge is -2.06. The van der Waals surface area contributed by atoms with E-state index < -0.39 is 0 Å². The fraction of sp³-hybridized carbons (Fsp3) is 0.263. The largest absolute Gasteiger partial charge is 0.497 e. The minimum absolute atomic E-state index is 0.191. The highest BCUT2D eigenvalue weighted by Crippen LogP contribution is 2.26. The van der Waals surface area contributed by atoms with Gasteiger partial charge in [0, 0.05) is 23.1 Å². The lowest BCUT2D eigenvalue weighted by Crippen LogP contribution is -2.17. The normalized spacial score (nSPS) is 11.1. The summed E-state index contributed by atoms with van der Waals surface area (Å²) in [5.41, 5.74) is 4.57. The standard InChI is InChI=1S/C19H21FN2O/c1-13-17(18-11-16(23-2)6-7-19(18)22-13)8-9-21-12-14-4-3-5-15(20)10-14/h3-7,10-11,21-22H,8-9,12H2,1-2H3. The van der Waals surface area contributed by atoms with E-state index in [1.807, 2.05) is 18.2 Å². The smallest absolute Gasteiger partial charge is 0.123 e. The number of ether oxygens (including phenoxy) is 1. The van der Waals surface area contributed by atoms with E-state index >= 15 is 0 Å². The number of nitrogens with one attached hydrogen (secondary N) is 2. The molecule has 0 fully saturated rings. The van der Waals surface area contributed by atoms with E-state index in [4.69, 9.17) is 4.74 Å². The molecule has 2 N–H and O–H groups in total. The molecule has 0 aliphatic rings. The monoisotopic (exact) mass is 312 g/mol. The maximum absolute atomic E-state index is 13.2. The second-order valence-corrected chi connectivity index (χ2v) is 5.70. The molecule has 0 unspecified atom stereocenters. The number of rotatable bonds is 6. The highest BCUT2D eigenvalue weighted by molar-refractivity contribution is 5.86. The molecular formula is C19H21FN2O. The molecule has 0 bridgehead atoms. The summed E-state index contributed by atoms with van der Waals surface area (Å²) in [5.74, 6) is 0.675. The van der Waals surface area contributed by atoms with Crippen LogP contribution in [0.4, 0.5) is 4.39 Å². The van der Waals surface area contributed by atoms with Crippen LogP contribution < -0.4 is 10.1 Å². The molecule has 1 aromatic heterocycles. The van der Waals surface area contributed by atoms with Gasteiger partial charge in [-0.15, -0.1) is 0 Å². The zero-order chi connectivity index (χ0) is 16.2. The molecule has 2 aromatic carbocycles. The van der Waals surface area contributed by atoms with Crippen LogP contribution in [0, 0.1) is 12.7 Å². The first-order chi connectivity index (χ1) is 11.2. The number of benzene rings is 2. The van der Waals surface area contributed by atoms with Crippen molar-refractivity contribution < 1.29 is 9.13 Å². The van der Waals surface area contributed by atoms with Gasteiger partial charge in [0.1, 0.15) is 11.6 Å². The van der Waals surface area contributed by atoms with Crippen LogP contribution in [0.3, 0.4) is 0 Å². The zero-order valence-corrected chi connectivity index (χ0v) is 13.4. The maximum Gasteiger partial charge on any atom is 0.123 e. The van der Waals surface area contributed by atoms with Gasteiger partial charge in [-0.2, -0.15) is 0 Å². The summed E-state index contributed by atoms with van der Waals surface area (Å²) >= 11 is 0. The minimum atomic E-state index is -0.191. The van der Waals surface area contributed by atoms with Gasteiger partial charge < -0.3 is 15.0 Å². The zero-order valence-electron chi connectivity index (χ0n) is 13.4. The van der Waals surface area contributed by atoms with Crippen LogP contribution in [0.2, 0.25) is 0 Å². The third kappa shape index (κ3) is 3.54. The summed E-state index contributed by atoms with van der Waals surface area (Å²) < 4.78 is 18.5. The average molecular weight is 312 g/mol. The highest BCUT2D eigenvalue weighted by atomic mass is 19.1. The Hall–Kier alpha value is -2.33. The summed E-state index contributed by atoms with van der Waals surface area (Å²) in [7, 11) is 1.68. The van der Waals surface area contributed by atoms with Crippen LogP contribution in [0.1, 0.15) is 16.8 Å². The third-order valence-corrected chi connectivity index (χ3v) is 4.10.